The van der Waals surface area contributed by atoms with Gasteiger partial charge in [-0.2, -0.15) is 0 Å². The van der Waals surface area contributed by atoms with Gasteiger partial charge in [-0.1, -0.05) is 59.6 Å². The lowest BCUT2D eigenvalue weighted by Crippen LogP contribution is -2.07. The number of carbonyl (C=O) groups excluding carboxylic acids is 1. The van der Waals surface area contributed by atoms with Crippen molar-refractivity contribution in [2.24, 2.45) is 5.92 Å². The fourth-order valence-corrected chi connectivity index (χ4v) is 3.28. The number of nitrogens with two attached hydrogens (primary N) is 1. The molecular weight excluding hydrogens is 395 g/mol. The van der Waals surface area contributed by atoms with E-state index in [0.29, 0.717) is 37.2 Å². The number of hydrogen-bond donors (Lipinski definition) is 2. The van der Waals surface area contributed by atoms with Gasteiger partial charge in [-0.25, -0.2) is 4.98 Å². The Labute approximate surface area is 164 Å². The average molecular weight is 411 g/mol. The smallest absolute Gasteiger partial charge is 0.244 e. The molecule has 3 aromatic rings. The first-order valence-corrected chi connectivity index (χ1v) is 9.39. The summed E-state index contributed by atoms with van der Waals surface area (Å²) in [5.74, 6) is 0.328. The largest absolute Gasteiger partial charge is 0.382 e. The monoisotopic (exact) mass is 410 g/mol. The molecule has 26 heavy (non-hydrogen) atoms. The van der Waals surface area contributed by atoms with Crippen LogP contribution in [0.4, 0.5) is 10.9 Å². The Balaban J connectivity index is 1.83. The fourth-order valence-electron chi connectivity index (χ4n) is 2.15. The first-order chi connectivity index (χ1) is 12.3. The predicted molar refractivity (Wildman–Crippen MR) is 105 cm³/mol. The third-order valence-corrected chi connectivity index (χ3v) is 5.24. The number of benzene rings is 1. The van der Waals surface area contributed by atoms with Gasteiger partial charge in [0.1, 0.15) is 16.4 Å². The molecule has 0 aliphatic carbocycles. The average Bonchev–Trinajstić information content (AvgIpc) is 3.22. The highest BCUT2D eigenvalue weighted by Gasteiger charge is 2.22. The molecule has 0 spiro atoms. The van der Waals surface area contributed by atoms with Crippen molar-refractivity contribution >= 4 is 51.3 Å². The summed E-state index contributed by atoms with van der Waals surface area (Å²) in [4.78, 5) is 17.2. The van der Waals surface area contributed by atoms with Gasteiger partial charge in [0.15, 0.2) is 5.13 Å². The molecule has 6 nitrogen and oxygen atoms in total. The first kappa shape index (κ1) is 18.7. The maximum atomic E-state index is 12.7. The molecule has 0 atom stereocenters. The maximum Gasteiger partial charge on any atom is 0.244 e. The summed E-state index contributed by atoms with van der Waals surface area (Å²) in [6.07, 6.45) is 0. The predicted octanol–water partition coefficient (Wildman–Crippen LogP) is 4.99. The summed E-state index contributed by atoms with van der Waals surface area (Å²) in [6, 6.07) is 6.60. The molecular formula is C17H16Cl2N4O2S. The minimum absolute atomic E-state index is 0.0804. The summed E-state index contributed by atoms with van der Waals surface area (Å²) >= 11 is 13.1. The fraction of sp³-hybridized carbons (Fsp3) is 0.235. The number of anilines is 2. The van der Waals surface area contributed by atoms with Crippen molar-refractivity contribution in [3.05, 3.63) is 44.9 Å². The van der Waals surface area contributed by atoms with Crippen LogP contribution in [0.1, 0.15) is 29.3 Å². The molecule has 9 heteroatoms. The molecule has 0 aliphatic rings. The van der Waals surface area contributed by atoms with E-state index in [0.717, 1.165) is 6.54 Å². The van der Waals surface area contributed by atoms with E-state index in [1.165, 1.54) is 11.3 Å². The molecule has 0 bridgehead atoms. The van der Waals surface area contributed by atoms with Gasteiger partial charge in [-0.3, -0.25) is 4.79 Å². The minimum Gasteiger partial charge on any atom is -0.382 e. The summed E-state index contributed by atoms with van der Waals surface area (Å²) < 4.78 is 5.20. The minimum atomic E-state index is -0.364. The number of aromatic nitrogens is 2. The molecule has 0 aliphatic heterocycles. The van der Waals surface area contributed by atoms with Crippen LogP contribution in [0, 0.1) is 5.92 Å². The number of halogens is 2. The Bertz CT molecular complexity index is 952. The van der Waals surface area contributed by atoms with Gasteiger partial charge in [0, 0.05) is 18.2 Å². The van der Waals surface area contributed by atoms with Crippen LogP contribution in [-0.4, -0.2) is 22.5 Å². The molecule has 2 heterocycles. The van der Waals surface area contributed by atoms with E-state index in [4.69, 9.17) is 33.5 Å². The van der Waals surface area contributed by atoms with Gasteiger partial charge in [-0.05, 0) is 18.1 Å². The van der Waals surface area contributed by atoms with Crippen LogP contribution >= 0.6 is 34.5 Å². The van der Waals surface area contributed by atoms with E-state index in [9.17, 15) is 4.79 Å². The van der Waals surface area contributed by atoms with Gasteiger partial charge < -0.3 is 15.6 Å². The number of carbonyl (C=O) groups is 1. The van der Waals surface area contributed by atoms with Gasteiger partial charge in [0.2, 0.25) is 11.5 Å². The Kier molecular flexibility index (Phi) is 5.50. The summed E-state index contributed by atoms with van der Waals surface area (Å²) in [5.41, 5.74) is 7.06. The van der Waals surface area contributed by atoms with Crippen molar-refractivity contribution in [2.75, 3.05) is 17.6 Å². The van der Waals surface area contributed by atoms with Gasteiger partial charge in [0.25, 0.3) is 0 Å². The van der Waals surface area contributed by atoms with Crippen molar-refractivity contribution in [2.45, 2.75) is 13.8 Å². The molecule has 2 aromatic heterocycles. The Morgan fingerprint density at radius 1 is 1.31 bits per heavy atom. The van der Waals surface area contributed by atoms with Crippen LogP contribution < -0.4 is 11.1 Å². The van der Waals surface area contributed by atoms with Gasteiger partial charge in [-0.15, -0.1) is 0 Å². The van der Waals surface area contributed by atoms with E-state index in [2.05, 4.69) is 29.3 Å². The number of nitrogen functional groups attached to an aromatic ring is 1. The van der Waals surface area contributed by atoms with Crippen LogP contribution in [0.15, 0.2) is 28.8 Å². The second-order valence-corrected chi connectivity index (χ2v) is 7.86. The maximum absolute atomic E-state index is 12.7. The zero-order valence-electron chi connectivity index (χ0n) is 14.0. The highest BCUT2D eigenvalue weighted by atomic mass is 35.5. The highest BCUT2D eigenvalue weighted by molar-refractivity contribution is 7.18. The number of nitrogens with zero attached hydrogens (tertiary/aromatic N) is 2. The molecule has 3 N–H and O–H groups in total. The van der Waals surface area contributed by atoms with Crippen molar-refractivity contribution in [3.63, 3.8) is 0 Å². The van der Waals surface area contributed by atoms with Crippen LogP contribution in [-0.2, 0) is 0 Å². The SMILES string of the molecule is CC(C)CNc1nc(N)c(C(=O)c2cc(-c3ccc(Cl)c(Cl)c3)no2)s1. The van der Waals surface area contributed by atoms with Crippen molar-refractivity contribution in [1.29, 1.82) is 0 Å². The molecule has 3 rings (SSSR count). The Morgan fingerprint density at radius 3 is 2.77 bits per heavy atom. The molecule has 0 unspecified atom stereocenters. The van der Waals surface area contributed by atoms with E-state index in [1.54, 1.807) is 24.3 Å². The van der Waals surface area contributed by atoms with Crippen molar-refractivity contribution < 1.29 is 9.32 Å². The normalized spacial score (nSPS) is 11.1. The lowest BCUT2D eigenvalue weighted by Gasteiger charge is -2.04. The Hall–Kier alpha value is -2.09. The lowest BCUT2D eigenvalue weighted by molar-refractivity contribution is 0.100. The molecule has 0 radical (unpaired) electrons. The van der Waals surface area contributed by atoms with Crippen LogP contribution in [0.5, 0.6) is 0 Å². The zero-order chi connectivity index (χ0) is 18.8. The summed E-state index contributed by atoms with van der Waals surface area (Å²) in [7, 11) is 0. The van der Waals surface area contributed by atoms with E-state index in [1.807, 2.05) is 0 Å². The van der Waals surface area contributed by atoms with Crippen LogP contribution in [0.3, 0.4) is 0 Å². The van der Waals surface area contributed by atoms with Crippen molar-refractivity contribution in [1.82, 2.24) is 10.1 Å². The topological polar surface area (TPSA) is 94.0 Å². The number of thiazole rings is 1. The van der Waals surface area contributed by atoms with Crippen LogP contribution in [0.25, 0.3) is 11.3 Å². The molecule has 0 fully saturated rings. The zero-order valence-corrected chi connectivity index (χ0v) is 16.4. The van der Waals surface area contributed by atoms with E-state index in [-0.39, 0.29) is 17.4 Å². The quantitative estimate of drug-likeness (QED) is 0.556. The van der Waals surface area contributed by atoms with Crippen LogP contribution in [0.2, 0.25) is 10.0 Å². The van der Waals surface area contributed by atoms with E-state index < -0.39 is 0 Å². The summed E-state index contributed by atoms with van der Waals surface area (Å²) in [5, 5.41) is 8.52. The number of hydrogen-bond acceptors (Lipinski definition) is 7. The lowest BCUT2D eigenvalue weighted by atomic mass is 10.1. The first-order valence-electron chi connectivity index (χ1n) is 7.82. The number of nitrogens with one attached hydrogen (secondary N) is 1. The summed E-state index contributed by atoms with van der Waals surface area (Å²) in [6.45, 7) is 4.90. The molecule has 0 saturated carbocycles. The second-order valence-electron chi connectivity index (χ2n) is 6.04. The Morgan fingerprint density at radius 2 is 2.08 bits per heavy atom. The van der Waals surface area contributed by atoms with E-state index >= 15 is 0 Å². The molecule has 0 saturated heterocycles. The van der Waals surface area contributed by atoms with Crippen molar-refractivity contribution in [3.8, 4) is 11.3 Å². The molecule has 136 valence electrons. The number of rotatable bonds is 6. The van der Waals surface area contributed by atoms with Gasteiger partial charge >= 0.3 is 0 Å². The second kappa shape index (κ2) is 7.65. The third kappa shape index (κ3) is 4.00. The number of ketones is 1. The molecule has 0 amide bonds. The third-order valence-electron chi connectivity index (χ3n) is 3.47. The van der Waals surface area contributed by atoms with Gasteiger partial charge in [0.05, 0.1) is 10.0 Å². The standard InChI is InChI=1S/C17H16Cl2N4O2S/c1-8(2)7-21-17-22-16(20)15(26-17)14(24)13-6-12(23-25-13)9-3-4-10(18)11(19)5-9/h3-6,8H,7,20H2,1-2H3,(H,21,22). The highest BCUT2D eigenvalue weighted by Crippen LogP contribution is 2.31. The molecule has 1 aromatic carbocycles.